The Hall–Kier alpha value is -3.49. The molecule has 29 heavy (non-hydrogen) atoms. The van der Waals surface area contributed by atoms with Crippen LogP contribution < -0.4 is 10.9 Å². The first-order valence-electron chi connectivity index (χ1n) is 9.64. The molecule has 148 valence electrons. The molecule has 1 atom stereocenters. The molecule has 1 saturated heterocycles. The Morgan fingerprint density at radius 2 is 1.93 bits per heavy atom. The normalized spacial score (nSPS) is 20.2. The Labute approximate surface area is 167 Å². The number of para-hydroxylation sites is 1. The molecular weight excluding hydrogens is 370 g/mol. The highest BCUT2D eigenvalue weighted by Crippen LogP contribution is 2.40. The molecule has 1 fully saturated rings. The smallest absolute Gasteiger partial charge is 0.321 e. The molecule has 4 heterocycles. The lowest BCUT2D eigenvalue weighted by Crippen LogP contribution is -2.37. The summed E-state index contributed by atoms with van der Waals surface area (Å²) in [6.45, 7) is 1.73. The van der Waals surface area contributed by atoms with E-state index < -0.39 is 0 Å². The highest BCUT2D eigenvalue weighted by Gasteiger charge is 2.48. The largest absolute Gasteiger partial charge is 0.333 e. The number of imidazole rings is 1. The van der Waals surface area contributed by atoms with Gasteiger partial charge in [-0.3, -0.25) is 9.36 Å². The third kappa shape index (κ3) is 2.81. The van der Waals surface area contributed by atoms with Crippen LogP contribution in [0.4, 0.5) is 10.5 Å². The van der Waals surface area contributed by atoms with Crippen LogP contribution in [0.15, 0.2) is 47.5 Å². The van der Waals surface area contributed by atoms with Gasteiger partial charge in [0, 0.05) is 44.8 Å². The molecule has 2 aliphatic heterocycles. The molecule has 0 bridgehead atoms. The van der Waals surface area contributed by atoms with Crippen molar-refractivity contribution in [3.8, 4) is 11.5 Å². The molecule has 1 N–H and O–H groups in total. The molecule has 1 aromatic carbocycles. The average molecular weight is 391 g/mol. The maximum Gasteiger partial charge on any atom is 0.321 e. The van der Waals surface area contributed by atoms with Crippen LogP contribution >= 0.6 is 0 Å². The van der Waals surface area contributed by atoms with E-state index in [-0.39, 0.29) is 22.7 Å². The van der Waals surface area contributed by atoms with Gasteiger partial charge in [0.05, 0.1) is 5.41 Å². The lowest BCUT2D eigenvalue weighted by Gasteiger charge is -2.23. The van der Waals surface area contributed by atoms with Gasteiger partial charge < -0.3 is 14.8 Å². The molecule has 0 saturated carbocycles. The SMILES string of the molecule is Cn1ccnc1-c1nnc2n(c1=O)CC[C@@]21CCN(C(=O)Nc2ccccc2)C1. The van der Waals surface area contributed by atoms with Gasteiger partial charge in [-0.15, -0.1) is 10.2 Å². The Balaban J connectivity index is 1.41. The Morgan fingerprint density at radius 1 is 1.14 bits per heavy atom. The second kappa shape index (κ2) is 6.54. The fraction of sp³-hybridized carbons (Fsp3) is 0.350. The summed E-state index contributed by atoms with van der Waals surface area (Å²) in [5.74, 6) is 1.18. The Bertz CT molecular complexity index is 1140. The molecule has 2 amide bonds. The zero-order valence-electron chi connectivity index (χ0n) is 16.1. The molecule has 5 rings (SSSR count). The summed E-state index contributed by atoms with van der Waals surface area (Å²) in [4.78, 5) is 31.7. The van der Waals surface area contributed by atoms with E-state index in [1.54, 1.807) is 26.4 Å². The minimum atomic E-state index is -0.319. The fourth-order valence-corrected chi connectivity index (χ4v) is 4.35. The van der Waals surface area contributed by atoms with Gasteiger partial charge in [-0.2, -0.15) is 0 Å². The Kier molecular flexibility index (Phi) is 3.97. The predicted molar refractivity (Wildman–Crippen MR) is 106 cm³/mol. The van der Waals surface area contributed by atoms with E-state index in [1.165, 1.54) is 0 Å². The van der Waals surface area contributed by atoms with E-state index >= 15 is 0 Å². The highest BCUT2D eigenvalue weighted by molar-refractivity contribution is 5.89. The summed E-state index contributed by atoms with van der Waals surface area (Å²) in [5.41, 5.74) is 0.532. The molecule has 0 unspecified atom stereocenters. The van der Waals surface area contributed by atoms with Crippen LogP contribution in [0, 0.1) is 0 Å². The number of amides is 2. The summed E-state index contributed by atoms with van der Waals surface area (Å²) >= 11 is 0. The van der Waals surface area contributed by atoms with Crippen molar-refractivity contribution in [2.45, 2.75) is 24.8 Å². The van der Waals surface area contributed by atoms with Crippen molar-refractivity contribution in [2.24, 2.45) is 7.05 Å². The number of fused-ring (bicyclic) bond motifs is 2. The number of aryl methyl sites for hydroxylation is 1. The highest BCUT2D eigenvalue weighted by atomic mass is 16.2. The van der Waals surface area contributed by atoms with Gasteiger partial charge in [-0.1, -0.05) is 18.2 Å². The van der Waals surface area contributed by atoms with E-state index in [0.29, 0.717) is 31.3 Å². The number of carbonyl (C=O) groups excluding carboxylic acids is 1. The number of aromatic nitrogens is 5. The maximum absolute atomic E-state index is 13.0. The zero-order chi connectivity index (χ0) is 20.0. The monoisotopic (exact) mass is 391 g/mol. The van der Waals surface area contributed by atoms with E-state index in [2.05, 4.69) is 20.5 Å². The van der Waals surface area contributed by atoms with E-state index in [9.17, 15) is 9.59 Å². The fourth-order valence-electron chi connectivity index (χ4n) is 4.35. The first-order valence-corrected chi connectivity index (χ1v) is 9.64. The number of likely N-dealkylation sites (tertiary alicyclic amines) is 1. The van der Waals surface area contributed by atoms with Gasteiger partial charge in [0.15, 0.2) is 11.5 Å². The topological polar surface area (TPSA) is 97.9 Å². The third-order valence-corrected chi connectivity index (χ3v) is 5.94. The summed E-state index contributed by atoms with van der Waals surface area (Å²) in [6, 6.07) is 9.26. The van der Waals surface area contributed by atoms with Gasteiger partial charge in [-0.05, 0) is 25.0 Å². The molecule has 2 aliphatic rings. The average Bonchev–Trinajstić information content (AvgIpc) is 3.44. The van der Waals surface area contributed by atoms with Crippen molar-refractivity contribution in [3.05, 3.63) is 58.9 Å². The molecule has 2 aromatic heterocycles. The first kappa shape index (κ1) is 17.6. The molecule has 0 aliphatic carbocycles. The molecule has 9 nitrogen and oxygen atoms in total. The van der Waals surface area contributed by atoms with E-state index in [4.69, 9.17) is 0 Å². The minimum absolute atomic E-state index is 0.133. The van der Waals surface area contributed by atoms with Crippen LogP contribution in [0.1, 0.15) is 18.7 Å². The Morgan fingerprint density at radius 3 is 2.69 bits per heavy atom. The van der Waals surface area contributed by atoms with Crippen molar-refractivity contribution in [1.82, 2.24) is 29.2 Å². The molecule has 3 aromatic rings. The van der Waals surface area contributed by atoms with Crippen LogP contribution in [0.25, 0.3) is 11.5 Å². The summed E-state index contributed by atoms with van der Waals surface area (Å²) < 4.78 is 3.46. The van der Waals surface area contributed by atoms with Crippen LogP contribution in [0.5, 0.6) is 0 Å². The number of rotatable bonds is 2. The lowest BCUT2D eigenvalue weighted by atomic mass is 9.85. The number of carbonyl (C=O) groups is 1. The van der Waals surface area contributed by atoms with Crippen molar-refractivity contribution in [2.75, 3.05) is 18.4 Å². The maximum atomic E-state index is 13.0. The van der Waals surface area contributed by atoms with Crippen molar-refractivity contribution in [3.63, 3.8) is 0 Å². The van der Waals surface area contributed by atoms with Gasteiger partial charge in [0.1, 0.15) is 5.82 Å². The van der Waals surface area contributed by atoms with Crippen LogP contribution in [0.3, 0.4) is 0 Å². The second-order valence-corrected chi connectivity index (χ2v) is 7.69. The second-order valence-electron chi connectivity index (χ2n) is 7.69. The number of urea groups is 1. The lowest BCUT2D eigenvalue weighted by molar-refractivity contribution is 0.219. The van der Waals surface area contributed by atoms with Crippen molar-refractivity contribution in [1.29, 1.82) is 0 Å². The van der Waals surface area contributed by atoms with Crippen LogP contribution in [-0.2, 0) is 19.0 Å². The third-order valence-electron chi connectivity index (χ3n) is 5.94. The summed E-state index contributed by atoms with van der Waals surface area (Å²) in [5, 5.41) is 11.6. The summed E-state index contributed by atoms with van der Waals surface area (Å²) in [6.07, 6.45) is 4.95. The van der Waals surface area contributed by atoms with Gasteiger partial charge in [0.25, 0.3) is 5.56 Å². The summed E-state index contributed by atoms with van der Waals surface area (Å²) in [7, 11) is 1.82. The van der Waals surface area contributed by atoms with Crippen molar-refractivity contribution >= 4 is 11.7 Å². The molecule has 1 spiro atoms. The minimum Gasteiger partial charge on any atom is -0.333 e. The number of anilines is 1. The molecule has 0 radical (unpaired) electrons. The molecule has 9 heteroatoms. The van der Waals surface area contributed by atoms with Gasteiger partial charge in [-0.25, -0.2) is 9.78 Å². The quantitative estimate of drug-likeness (QED) is 0.716. The molecular formula is C20H21N7O2. The van der Waals surface area contributed by atoms with Gasteiger partial charge >= 0.3 is 6.03 Å². The number of hydrogen-bond acceptors (Lipinski definition) is 5. The van der Waals surface area contributed by atoms with Crippen LogP contribution in [-0.4, -0.2) is 48.3 Å². The first-order chi connectivity index (χ1) is 14.1. The number of hydrogen-bond donors (Lipinski definition) is 1. The van der Waals surface area contributed by atoms with E-state index in [0.717, 1.165) is 18.5 Å². The predicted octanol–water partition coefficient (Wildman–Crippen LogP) is 1.62. The van der Waals surface area contributed by atoms with Crippen LogP contribution in [0.2, 0.25) is 0 Å². The number of benzene rings is 1. The number of nitrogens with zero attached hydrogens (tertiary/aromatic N) is 6. The van der Waals surface area contributed by atoms with Gasteiger partial charge in [0.2, 0.25) is 0 Å². The number of nitrogens with one attached hydrogen (secondary N) is 1. The zero-order valence-corrected chi connectivity index (χ0v) is 16.1. The van der Waals surface area contributed by atoms with E-state index in [1.807, 2.05) is 37.4 Å². The standard InChI is InChI=1S/C20H21N7O2/c1-25-12-9-21-16(25)15-17(28)27-11-8-20(18(27)24-23-15)7-10-26(13-20)19(29)22-14-5-3-2-4-6-14/h2-6,9,12H,7-8,10-11,13H2,1H3,(H,22,29)/t20-/m1/s1. The van der Waals surface area contributed by atoms with Crippen molar-refractivity contribution < 1.29 is 4.79 Å².